The number of nitrogens with zero attached hydrogens (tertiary/aromatic N) is 5. The molecular formula is C15H24N6. The van der Waals surface area contributed by atoms with E-state index in [1.807, 2.05) is 4.68 Å². The van der Waals surface area contributed by atoms with E-state index in [0.29, 0.717) is 18.4 Å². The molecule has 1 aliphatic rings. The molecule has 1 saturated carbocycles. The summed E-state index contributed by atoms with van der Waals surface area (Å²) in [6.07, 6.45) is 7.19. The number of rotatable bonds is 3. The van der Waals surface area contributed by atoms with Crippen LogP contribution in [0.15, 0.2) is 12.3 Å². The molecule has 2 heterocycles. The first-order valence-electron chi connectivity index (χ1n) is 7.68. The van der Waals surface area contributed by atoms with E-state index < -0.39 is 0 Å². The van der Waals surface area contributed by atoms with Crippen molar-refractivity contribution in [2.24, 2.45) is 0 Å². The molecule has 1 aliphatic carbocycles. The predicted molar refractivity (Wildman–Crippen MR) is 82.0 cm³/mol. The minimum atomic E-state index is -0.0817. The Morgan fingerprint density at radius 2 is 2.00 bits per heavy atom. The van der Waals surface area contributed by atoms with Crippen molar-refractivity contribution < 1.29 is 0 Å². The second-order valence-corrected chi connectivity index (χ2v) is 6.96. The zero-order valence-electron chi connectivity index (χ0n) is 13.1. The van der Waals surface area contributed by atoms with E-state index in [4.69, 9.17) is 10.8 Å². The minimum absolute atomic E-state index is 0.0817. The summed E-state index contributed by atoms with van der Waals surface area (Å²) in [6.45, 7) is 6.98. The lowest BCUT2D eigenvalue weighted by Crippen LogP contribution is -2.20. The van der Waals surface area contributed by atoms with E-state index in [1.54, 1.807) is 0 Å². The monoisotopic (exact) mass is 288 g/mol. The molecule has 0 bridgehead atoms. The summed E-state index contributed by atoms with van der Waals surface area (Å²) in [6, 6.07) is 2.64. The molecule has 0 saturated heterocycles. The topological polar surface area (TPSA) is 74.5 Å². The van der Waals surface area contributed by atoms with Gasteiger partial charge in [-0.1, -0.05) is 38.8 Å². The second kappa shape index (κ2) is 5.16. The van der Waals surface area contributed by atoms with Gasteiger partial charge in [0.25, 0.3) is 0 Å². The molecule has 0 aromatic carbocycles. The summed E-state index contributed by atoms with van der Waals surface area (Å²) in [5.41, 5.74) is 7.87. The maximum absolute atomic E-state index is 5.97. The lowest BCUT2D eigenvalue weighted by Gasteiger charge is -2.19. The van der Waals surface area contributed by atoms with Crippen molar-refractivity contribution in [1.29, 1.82) is 0 Å². The molecule has 0 atom stereocenters. The Hall–Kier alpha value is -1.85. The van der Waals surface area contributed by atoms with Crippen molar-refractivity contribution in [3.8, 4) is 0 Å². The van der Waals surface area contributed by atoms with Crippen LogP contribution < -0.4 is 5.73 Å². The van der Waals surface area contributed by atoms with Crippen LogP contribution in [0.2, 0.25) is 0 Å². The Balaban J connectivity index is 1.81. The van der Waals surface area contributed by atoms with Crippen LogP contribution in [-0.2, 0) is 12.0 Å². The van der Waals surface area contributed by atoms with E-state index in [2.05, 4.69) is 48.0 Å². The van der Waals surface area contributed by atoms with E-state index in [9.17, 15) is 0 Å². The van der Waals surface area contributed by atoms with Crippen LogP contribution >= 0.6 is 0 Å². The summed E-state index contributed by atoms with van der Waals surface area (Å²) < 4.78 is 3.98. The second-order valence-electron chi connectivity index (χ2n) is 6.96. The van der Waals surface area contributed by atoms with Crippen molar-refractivity contribution in [3.63, 3.8) is 0 Å². The van der Waals surface area contributed by atoms with Crippen LogP contribution in [0.3, 0.4) is 0 Å². The Bertz CT molecular complexity index is 612. The van der Waals surface area contributed by atoms with Crippen LogP contribution in [0.1, 0.15) is 63.9 Å². The summed E-state index contributed by atoms with van der Waals surface area (Å²) in [4.78, 5) is 0. The molecule has 1 fully saturated rings. The smallest absolute Gasteiger partial charge is 0.169 e. The van der Waals surface area contributed by atoms with Gasteiger partial charge in [-0.05, 0) is 18.9 Å². The van der Waals surface area contributed by atoms with Crippen LogP contribution in [0.5, 0.6) is 0 Å². The summed E-state index contributed by atoms with van der Waals surface area (Å²) >= 11 is 0. The van der Waals surface area contributed by atoms with Gasteiger partial charge >= 0.3 is 0 Å². The average Bonchev–Trinajstić information content (AvgIpc) is 3.09. The molecule has 21 heavy (non-hydrogen) atoms. The highest BCUT2D eigenvalue weighted by Gasteiger charge is 2.24. The number of nitrogens with two attached hydrogens (primary N) is 1. The van der Waals surface area contributed by atoms with Gasteiger partial charge in [-0.2, -0.15) is 5.10 Å². The molecule has 2 aromatic heterocycles. The van der Waals surface area contributed by atoms with Crippen molar-refractivity contribution in [2.45, 2.75) is 64.5 Å². The highest BCUT2D eigenvalue weighted by atomic mass is 15.5. The van der Waals surface area contributed by atoms with Gasteiger partial charge in [0.1, 0.15) is 0 Å². The fourth-order valence-electron chi connectivity index (χ4n) is 3.20. The lowest BCUT2D eigenvalue weighted by atomic mass is 9.92. The molecular weight excluding hydrogens is 264 g/mol. The number of nitrogen functional groups attached to an aromatic ring is 1. The van der Waals surface area contributed by atoms with Gasteiger partial charge < -0.3 is 5.73 Å². The molecule has 6 heteroatoms. The molecule has 0 aliphatic heterocycles. The van der Waals surface area contributed by atoms with Crippen LogP contribution in [0.25, 0.3) is 0 Å². The lowest BCUT2D eigenvalue weighted by molar-refractivity contribution is 0.455. The fourth-order valence-corrected chi connectivity index (χ4v) is 3.20. The Labute approximate surface area is 125 Å². The van der Waals surface area contributed by atoms with E-state index in [0.717, 1.165) is 11.4 Å². The number of aromatic nitrogens is 5. The zero-order chi connectivity index (χ0) is 15.0. The van der Waals surface area contributed by atoms with E-state index in [-0.39, 0.29) is 5.41 Å². The molecule has 0 spiro atoms. The highest BCUT2D eigenvalue weighted by Crippen LogP contribution is 2.29. The van der Waals surface area contributed by atoms with Crippen molar-refractivity contribution in [3.05, 3.63) is 23.7 Å². The number of hydrogen-bond acceptors (Lipinski definition) is 4. The zero-order valence-corrected chi connectivity index (χ0v) is 13.1. The fraction of sp³-hybridized carbons (Fsp3) is 0.667. The SMILES string of the molecule is CC(C)(C)c1c(N)nnn1Cc1ccn(C2CCCC2)n1. The van der Waals surface area contributed by atoms with Gasteiger partial charge in [-0.3, -0.25) is 4.68 Å². The van der Waals surface area contributed by atoms with Gasteiger partial charge in [0.15, 0.2) is 5.82 Å². The molecule has 114 valence electrons. The molecule has 0 radical (unpaired) electrons. The summed E-state index contributed by atoms with van der Waals surface area (Å²) in [5.74, 6) is 0.512. The molecule has 2 aromatic rings. The number of anilines is 1. The van der Waals surface area contributed by atoms with Gasteiger partial charge in [0, 0.05) is 11.6 Å². The van der Waals surface area contributed by atoms with Crippen molar-refractivity contribution >= 4 is 5.82 Å². The van der Waals surface area contributed by atoms with Gasteiger partial charge in [-0.25, -0.2) is 4.68 Å². The Morgan fingerprint density at radius 1 is 1.29 bits per heavy atom. The number of hydrogen-bond donors (Lipinski definition) is 1. The molecule has 2 N–H and O–H groups in total. The van der Waals surface area contributed by atoms with Crippen LogP contribution in [0, 0.1) is 0 Å². The van der Waals surface area contributed by atoms with Crippen LogP contribution in [0.4, 0.5) is 5.82 Å². The van der Waals surface area contributed by atoms with Gasteiger partial charge in [0.05, 0.1) is 24.0 Å². The predicted octanol–water partition coefficient (Wildman–Crippen LogP) is 2.52. The largest absolute Gasteiger partial charge is 0.381 e. The highest BCUT2D eigenvalue weighted by molar-refractivity contribution is 5.38. The Kier molecular flexibility index (Phi) is 3.47. The first kappa shape index (κ1) is 14.1. The van der Waals surface area contributed by atoms with E-state index in [1.165, 1.54) is 25.7 Å². The third kappa shape index (κ3) is 2.80. The summed E-state index contributed by atoms with van der Waals surface area (Å²) in [5, 5.41) is 12.9. The minimum Gasteiger partial charge on any atom is -0.381 e. The van der Waals surface area contributed by atoms with Crippen molar-refractivity contribution in [1.82, 2.24) is 24.8 Å². The molecule has 6 nitrogen and oxygen atoms in total. The first-order valence-corrected chi connectivity index (χ1v) is 7.68. The average molecular weight is 288 g/mol. The maximum Gasteiger partial charge on any atom is 0.169 e. The molecule has 0 unspecified atom stereocenters. The normalized spacial score (nSPS) is 16.7. The van der Waals surface area contributed by atoms with Crippen molar-refractivity contribution in [2.75, 3.05) is 5.73 Å². The van der Waals surface area contributed by atoms with Crippen LogP contribution in [-0.4, -0.2) is 24.8 Å². The molecule has 0 amide bonds. The van der Waals surface area contributed by atoms with Gasteiger partial charge in [-0.15, -0.1) is 5.10 Å². The first-order chi connectivity index (χ1) is 9.95. The Morgan fingerprint density at radius 3 is 2.67 bits per heavy atom. The standard InChI is InChI=1S/C15H24N6/c1-15(2,3)13-14(16)17-19-21(13)10-11-8-9-20(18-11)12-6-4-5-7-12/h8-9,12H,4-7,10,16H2,1-3H3. The maximum atomic E-state index is 5.97. The third-order valence-electron chi connectivity index (χ3n) is 4.15. The molecule has 3 rings (SSSR count). The third-order valence-corrected chi connectivity index (χ3v) is 4.15. The van der Waals surface area contributed by atoms with E-state index >= 15 is 0 Å². The summed E-state index contributed by atoms with van der Waals surface area (Å²) in [7, 11) is 0. The van der Waals surface area contributed by atoms with Gasteiger partial charge in [0.2, 0.25) is 0 Å². The quantitative estimate of drug-likeness (QED) is 0.941.